The maximum absolute atomic E-state index is 13.2. The van der Waals surface area contributed by atoms with Crippen LogP contribution in [0.2, 0.25) is 0 Å². The van der Waals surface area contributed by atoms with Crippen LogP contribution in [-0.2, 0) is 4.74 Å². The molecule has 1 aromatic rings. The predicted octanol–water partition coefficient (Wildman–Crippen LogP) is 3.34. The van der Waals surface area contributed by atoms with Gasteiger partial charge in [-0.25, -0.2) is 4.39 Å². The van der Waals surface area contributed by atoms with Gasteiger partial charge >= 0.3 is 0 Å². The van der Waals surface area contributed by atoms with E-state index in [1.807, 2.05) is 0 Å². The van der Waals surface area contributed by atoms with Crippen LogP contribution in [0.5, 0.6) is 0 Å². The van der Waals surface area contributed by atoms with Gasteiger partial charge in [0.1, 0.15) is 5.82 Å². The summed E-state index contributed by atoms with van der Waals surface area (Å²) in [6.45, 7) is 5.87. The number of halogens is 1. The second-order valence-electron chi connectivity index (χ2n) is 4.46. The summed E-state index contributed by atoms with van der Waals surface area (Å²) in [7, 11) is 1.68. The molecule has 0 aromatic heterocycles. The second kappa shape index (κ2) is 5.61. The Kier molecular flexibility index (Phi) is 4.66. The molecule has 0 saturated heterocycles. The fraction of sp³-hybridized carbons (Fsp3) is 0.571. The Hall–Kier alpha value is -0.930. The molecule has 0 saturated carbocycles. The molecular formula is C14H22FNO. The minimum Gasteiger partial charge on any atom is -0.376 e. The molecule has 3 heteroatoms. The summed E-state index contributed by atoms with van der Waals surface area (Å²) in [5.41, 5.74) is 7.45. The van der Waals surface area contributed by atoms with Gasteiger partial charge in [0.25, 0.3) is 0 Å². The van der Waals surface area contributed by atoms with Crippen LogP contribution in [0.1, 0.15) is 43.9 Å². The third-order valence-corrected chi connectivity index (χ3v) is 3.71. The molecule has 96 valence electrons. The maximum Gasteiger partial charge on any atom is 0.126 e. The normalized spacial score (nSPS) is 13.8. The average molecular weight is 239 g/mol. The van der Waals surface area contributed by atoms with Crippen molar-refractivity contribution in [2.45, 2.75) is 45.3 Å². The number of ether oxygens (including phenoxy) is 1. The van der Waals surface area contributed by atoms with Crippen molar-refractivity contribution in [1.82, 2.24) is 0 Å². The van der Waals surface area contributed by atoms with Crippen LogP contribution >= 0.6 is 0 Å². The van der Waals surface area contributed by atoms with E-state index < -0.39 is 0 Å². The van der Waals surface area contributed by atoms with Gasteiger partial charge < -0.3 is 10.5 Å². The summed E-state index contributed by atoms with van der Waals surface area (Å²) in [5, 5.41) is 0. The first-order chi connectivity index (χ1) is 8.00. The molecule has 0 amide bonds. The second-order valence-corrected chi connectivity index (χ2v) is 4.46. The molecule has 0 spiro atoms. The van der Waals surface area contributed by atoms with Crippen LogP contribution in [0.25, 0.3) is 0 Å². The van der Waals surface area contributed by atoms with E-state index in [1.165, 1.54) is 6.07 Å². The first kappa shape index (κ1) is 14.1. The zero-order chi connectivity index (χ0) is 13.1. The van der Waals surface area contributed by atoms with E-state index in [0.29, 0.717) is 5.56 Å². The summed E-state index contributed by atoms with van der Waals surface area (Å²) in [4.78, 5) is 0. The highest BCUT2D eigenvalue weighted by molar-refractivity contribution is 5.28. The van der Waals surface area contributed by atoms with Crippen LogP contribution in [0.4, 0.5) is 4.39 Å². The largest absolute Gasteiger partial charge is 0.376 e. The monoisotopic (exact) mass is 239 g/mol. The van der Waals surface area contributed by atoms with Crippen LogP contribution in [0.15, 0.2) is 18.2 Å². The predicted molar refractivity (Wildman–Crippen MR) is 68.4 cm³/mol. The van der Waals surface area contributed by atoms with Gasteiger partial charge in [0.2, 0.25) is 0 Å². The van der Waals surface area contributed by atoms with E-state index in [2.05, 4.69) is 13.8 Å². The highest BCUT2D eigenvalue weighted by Gasteiger charge is 2.34. The van der Waals surface area contributed by atoms with Gasteiger partial charge in [0.15, 0.2) is 0 Å². The Morgan fingerprint density at radius 1 is 1.35 bits per heavy atom. The van der Waals surface area contributed by atoms with Gasteiger partial charge in [0.05, 0.1) is 11.6 Å². The first-order valence-corrected chi connectivity index (χ1v) is 6.07. The Morgan fingerprint density at radius 3 is 2.35 bits per heavy atom. The molecule has 1 unspecified atom stereocenters. The van der Waals surface area contributed by atoms with Crippen molar-refractivity contribution in [1.29, 1.82) is 0 Å². The number of hydrogen-bond donors (Lipinski definition) is 1. The molecular weight excluding hydrogens is 217 g/mol. The van der Waals surface area contributed by atoms with Crippen molar-refractivity contribution >= 4 is 0 Å². The molecule has 0 aliphatic heterocycles. The number of nitrogens with two attached hydrogens (primary N) is 1. The Bertz CT molecular complexity index is 366. The van der Waals surface area contributed by atoms with E-state index >= 15 is 0 Å². The van der Waals surface area contributed by atoms with Gasteiger partial charge in [-0.15, -0.1) is 0 Å². The lowest BCUT2D eigenvalue weighted by Crippen LogP contribution is -2.42. The van der Waals surface area contributed by atoms with E-state index in [4.69, 9.17) is 10.5 Å². The lowest BCUT2D eigenvalue weighted by Gasteiger charge is -2.36. The van der Waals surface area contributed by atoms with E-state index in [1.54, 1.807) is 26.2 Å². The number of aryl methyl sites for hydroxylation is 1. The molecule has 2 nitrogen and oxygen atoms in total. The van der Waals surface area contributed by atoms with Crippen molar-refractivity contribution in [3.63, 3.8) is 0 Å². The van der Waals surface area contributed by atoms with Crippen LogP contribution in [0.3, 0.4) is 0 Å². The summed E-state index contributed by atoms with van der Waals surface area (Å²) in [6.07, 6.45) is 1.66. The molecule has 1 rings (SSSR count). The molecule has 0 radical (unpaired) electrons. The van der Waals surface area contributed by atoms with Gasteiger partial charge in [0, 0.05) is 7.11 Å². The minimum absolute atomic E-state index is 0.197. The van der Waals surface area contributed by atoms with Gasteiger partial charge in [-0.3, -0.25) is 0 Å². The number of methoxy groups -OCH3 is 1. The Labute approximate surface area is 103 Å². The maximum atomic E-state index is 13.2. The number of benzene rings is 1. The number of hydrogen-bond acceptors (Lipinski definition) is 2. The highest BCUT2D eigenvalue weighted by atomic mass is 19.1. The Balaban J connectivity index is 3.09. The molecule has 0 bridgehead atoms. The van der Waals surface area contributed by atoms with Crippen molar-refractivity contribution in [3.05, 3.63) is 35.1 Å². The molecule has 1 atom stereocenters. The third kappa shape index (κ3) is 2.67. The lowest BCUT2D eigenvalue weighted by atomic mass is 9.84. The molecule has 0 fully saturated rings. The van der Waals surface area contributed by atoms with Gasteiger partial charge in [-0.05, 0) is 37.0 Å². The molecule has 0 aliphatic carbocycles. The third-order valence-electron chi connectivity index (χ3n) is 3.71. The van der Waals surface area contributed by atoms with E-state index in [9.17, 15) is 4.39 Å². The zero-order valence-electron chi connectivity index (χ0n) is 11.1. The van der Waals surface area contributed by atoms with Crippen LogP contribution in [-0.4, -0.2) is 12.7 Å². The summed E-state index contributed by atoms with van der Waals surface area (Å²) in [6, 6.07) is 4.78. The SMILES string of the molecule is CCC(CC)(OC)C(N)c1ccc(F)c(C)c1. The van der Waals surface area contributed by atoms with Gasteiger partial charge in [-0.2, -0.15) is 0 Å². The van der Waals surface area contributed by atoms with Crippen molar-refractivity contribution < 1.29 is 9.13 Å². The van der Waals surface area contributed by atoms with Crippen molar-refractivity contribution in [2.24, 2.45) is 5.73 Å². The lowest BCUT2D eigenvalue weighted by molar-refractivity contribution is -0.0385. The first-order valence-electron chi connectivity index (χ1n) is 6.07. The number of rotatable bonds is 5. The zero-order valence-corrected chi connectivity index (χ0v) is 11.1. The van der Waals surface area contributed by atoms with Crippen LogP contribution < -0.4 is 5.73 Å². The minimum atomic E-state index is -0.371. The fourth-order valence-electron chi connectivity index (χ4n) is 2.27. The molecule has 1 aromatic carbocycles. The molecule has 0 aliphatic rings. The Morgan fingerprint density at radius 2 is 1.94 bits per heavy atom. The quantitative estimate of drug-likeness (QED) is 0.855. The smallest absolute Gasteiger partial charge is 0.126 e. The standard InChI is InChI=1S/C14H22FNO/c1-5-14(6-2,17-4)13(16)11-7-8-12(15)10(3)9-11/h7-9,13H,5-6,16H2,1-4H3. The molecule has 17 heavy (non-hydrogen) atoms. The van der Waals surface area contributed by atoms with Gasteiger partial charge in [-0.1, -0.05) is 26.0 Å². The van der Waals surface area contributed by atoms with E-state index in [-0.39, 0.29) is 17.5 Å². The molecule has 0 heterocycles. The highest BCUT2D eigenvalue weighted by Crippen LogP contribution is 2.33. The topological polar surface area (TPSA) is 35.2 Å². The molecule has 2 N–H and O–H groups in total. The summed E-state index contributed by atoms with van der Waals surface area (Å²) >= 11 is 0. The summed E-state index contributed by atoms with van der Waals surface area (Å²) < 4.78 is 18.8. The average Bonchev–Trinajstić information content (AvgIpc) is 2.35. The summed E-state index contributed by atoms with van der Waals surface area (Å²) in [5.74, 6) is -0.197. The van der Waals surface area contributed by atoms with E-state index in [0.717, 1.165) is 18.4 Å². The van der Waals surface area contributed by atoms with Crippen molar-refractivity contribution in [2.75, 3.05) is 7.11 Å². The van der Waals surface area contributed by atoms with Crippen molar-refractivity contribution in [3.8, 4) is 0 Å². The van der Waals surface area contributed by atoms with Crippen LogP contribution in [0, 0.1) is 12.7 Å². The fourth-order valence-corrected chi connectivity index (χ4v) is 2.27.